The number of benzene rings is 4. The number of aromatic nitrogens is 1. The van der Waals surface area contributed by atoms with Crippen molar-refractivity contribution in [3.63, 3.8) is 0 Å². The predicted molar refractivity (Wildman–Crippen MR) is 163 cm³/mol. The standard InChI is InChI=1S/C27H24N2O15S3/c1-28(10-2-3-25(33)40-29-22(30)8-9-23(29)31)24(32)13-39-18-11-19(45-43-41-34)15-5-6-16-20(46-44-42-35)12-21(47(36,37)38)17-7-4-14(18)26(15)27(16)17/h4-9,11-12,30-31,34-35H,2-3,10,13H2,1H3,(H,36,37,38). The Morgan fingerprint density at radius 3 is 2.00 bits per heavy atom. The Morgan fingerprint density at radius 1 is 0.851 bits per heavy atom. The van der Waals surface area contributed by atoms with Crippen LogP contribution in [0.2, 0.25) is 0 Å². The number of carbonyl (C=O) groups is 2. The van der Waals surface area contributed by atoms with E-state index in [-0.39, 0.29) is 35.4 Å². The highest BCUT2D eigenvalue weighted by Gasteiger charge is 2.24. The van der Waals surface area contributed by atoms with Crippen LogP contribution >= 0.6 is 24.1 Å². The summed E-state index contributed by atoms with van der Waals surface area (Å²) >= 11 is 1.09. The summed E-state index contributed by atoms with van der Waals surface area (Å²) in [5.74, 6) is -2.00. The lowest BCUT2D eigenvalue weighted by Crippen LogP contribution is -2.32. The maximum atomic E-state index is 13.0. The molecule has 1 amide bonds. The summed E-state index contributed by atoms with van der Waals surface area (Å²) < 4.78 is 50.5. The van der Waals surface area contributed by atoms with Crippen LogP contribution in [0.15, 0.2) is 63.2 Å². The maximum absolute atomic E-state index is 13.0. The molecule has 0 aliphatic rings. The largest absolute Gasteiger partial charge is 0.492 e. The van der Waals surface area contributed by atoms with Crippen LogP contribution in [0.4, 0.5) is 0 Å². The molecule has 20 heteroatoms. The topological polar surface area (TPSA) is 233 Å². The fourth-order valence-corrected chi connectivity index (χ4v) is 6.76. The Bertz CT molecular complexity index is 2030. The van der Waals surface area contributed by atoms with E-state index in [1.165, 1.54) is 24.1 Å². The molecule has 1 heterocycles. The molecule has 5 N–H and O–H groups in total. The summed E-state index contributed by atoms with van der Waals surface area (Å²) in [5.41, 5.74) is 0. The van der Waals surface area contributed by atoms with Gasteiger partial charge >= 0.3 is 5.97 Å². The normalized spacial score (nSPS) is 11.9. The SMILES string of the molecule is CN(CCCC(=O)On1c(O)ccc1O)C(=O)COc1cc(SOOO)c2ccc3c(SOOO)cc(S(=O)(=O)O)c4ccc1c2c34. The average Bonchev–Trinajstić information content (AvgIpc) is 3.35. The smallest absolute Gasteiger partial charge is 0.333 e. The molecule has 5 rings (SSSR count). The molecule has 0 unspecified atom stereocenters. The monoisotopic (exact) mass is 712 g/mol. The molecule has 0 radical (unpaired) electrons. The Kier molecular flexibility index (Phi) is 10.5. The molecule has 250 valence electrons. The number of aromatic hydroxyl groups is 2. The molecule has 17 nitrogen and oxygen atoms in total. The Hall–Kier alpha value is -4.09. The quantitative estimate of drug-likeness (QED) is 0.0337. The molecule has 0 atom stereocenters. The van der Waals surface area contributed by atoms with E-state index in [0.29, 0.717) is 60.6 Å². The number of hydrogen-bond donors (Lipinski definition) is 5. The van der Waals surface area contributed by atoms with Gasteiger partial charge in [0.1, 0.15) is 10.6 Å². The van der Waals surface area contributed by atoms with Gasteiger partial charge in [-0.3, -0.25) is 9.35 Å². The number of carbonyl (C=O) groups excluding carboxylic acids is 2. The molecule has 0 bridgehead atoms. The Labute approximate surface area is 272 Å². The Morgan fingerprint density at radius 2 is 1.40 bits per heavy atom. The third-order valence-electron chi connectivity index (χ3n) is 6.98. The molecule has 0 spiro atoms. The van der Waals surface area contributed by atoms with Gasteiger partial charge in [-0.15, -0.1) is 13.4 Å². The summed E-state index contributed by atoms with van der Waals surface area (Å²) in [7, 11) is -3.27. The molecule has 4 aromatic carbocycles. The molecule has 0 saturated carbocycles. The van der Waals surface area contributed by atoms with Gasteiger partial charge in [-0.25, -0.2) is 15.3 Å². The van der Waals surface area contributed by atoms with Gasteiger partial charge in [0.15, 0.2) is 6.61 Å². The van der Waals surface area contributed by atoms with E-state index in [2.05, 4.69) is 18.7 Å². The molecule has 1 aromatic heterocycles. The summed E-state index contributed by atoms with van der Waals surface area (Å²) in [6.45, 7) is -0.336. The van der Waals surface area contributed by atoms with Crippen LogP contribution in [0.5, 0.6) is 17.5 Å². The zero-order valence-corrected chi connectivity index (χ0v) is 26.3. The van der Waals surface area contributed by atoms with Gasteiger partial charge in [0.25, 0.3) is 16.0 Å². The fourth-order valence-electron chi connectivity index (χ4n) is 4.92. The zero-order valence-electron chi connectivity index (χ0n) is 23.9. The van der Waals surface area contributed by atoms with Crippen molar-refractivity contribution in [1.29, 1.82) is 0 Å². The number of likely N-dealkylation sites (N-methyl/N-ethyl adjacent to an activating group) is 1. The van der Waals surface area contributed by atoms with Crippen molar-refractivity contribution >= 4 is 78.4 Å². The van der Waals surface area contributed by atoms with Crippen LogP contribution in [-0.4, -0.2) is 75.4 Å². The van der Waals surface area contributed by atoms with Crippen molar-refractivity contribution in [3.05, 3.63) is 48.5 Å². The van der Waals surface area contributed by atoms with Gasteiger partial charge in [-0.1, -0.05) is 28.3 Å². The fraction of sp³-hybridized carbons (Fsp3) is 0.185. The van der Waals surface area contributed by atoms with Crippen molar-refractivity contribution in [2.75, 3.05) is 20.2 Å². The summed E-state index contributed by atoms with van der Waals surface area (Å²) in [4.78, 5) is 31.3. The van der Waals surface area contributed by atoms with Crippen molar-refractivity contribution in [2.45, 2.75) is 27.5 Å². The van der Waals surface area contributed by atoms with E-state index in [0.717, 1.165) is 18.2 Å². The van der Waals surface area contributed by atoms with Crippen LogP contribution < -0.4 is 9.57 Å². The van der Waals surface area contributed by atoms with E-state index >= 15 is 0 Å². The van der Waals surface area contributed by atoms with Gasteiger partial charge in [0, 0.05) is 58.6 Å². The minimum absolute atomic E-state index is 0.126. The second-order valence-electron chi connectivity index (χ2n) is 9.76. The lowest BCUT2D eigenvalue weighted by atomic mass is 9.93. The first-order valence-electron chi connectivity index (χ1n) is 13.2. The number of amides is 1. The minimum atomic E-state index is -4.76. The third kappa shape index (κ3) is 7.26. The van der Waals surface area contributed by atoms with Crippen molar-refractivity contribution < 1.29 is 71.6 Å². The first kappa shape index (κ1) is 34.3. The zero-order chi connectivity index (χ0) is 33.9. The van der Waals surface area contributed by atoms with Crippen LogP contribution in [0.3, 0.4) is 0 Å². The predicted octanol–water partition coefficient (Wildman–Crippen LogP) is 4.17. The van der Waals surface area contributed by atoms with Gasteiger partial charge < -0.3 is 24.7 Å². The van der Waals surface area contributed by atoms with Gasteiger partial charge in [0.2, 0.25) is 11.8 Å². The first-order chi connectivity index (χ1) is 22.4. The number of nitrogens with zero attached hydrogens (tertiary/aromatic N) is 2. The lowest BCUT2D eigenvalue weighted by Gasteiger charge is -2.20. The van der Waals surface area contributed by atoms with E-state index in [1.54, 1.807) is 18.2 Å². The van der Waals surface area contributed by atoms with E-state index < -0.39 is 45.3 Å². The number of rotatable bonds is 15. The molecule has 47 heavy (non-hydrogen) atoms. The second-order valence-corrected chi connectivity index (χ2v) is 12.6. The molecule has 5 aromatic rings. The van der Waals surface area contributed by atoms with Crippen molar-refractivity contribution in [2.24, 2.45) is 0 Å². The number of hydrogen-bond acceptors (Lipinski definition) is 16. The summed E-state index contributed by atoms with van der Waals surface area (Å²) in [6, 6.07) is 11.2. The van der Waals surface area contributed by atoms with Crippen LogP contribution in [0.25, 0.3) is 32.3 Å². The molecule has 0 aliphatic carbocycles. The lowest BCUT2D eigenvalue weighted by molar-refractivity contribution is -0.432. The molecule has 0 saturated heterocycles. The van der Waals surface area contributed by atoms with Crippen LogP contribution in [0.1, 0.15) is 12.8 Å². The molecular formula is C27H24N2O15S3. The first-order valence-corrected chi connectivity index (χ1v) is 16.1. The van der Waals surface area contributed by atoms with Crippen LogP contribution in [0, 0.1) is 0 Å². The highest BCUT2D eigenvalue weighted by molar-refractivity contribution is 7.95. The number of ether oxygens (including phenoxy) is 1. The highest BCUT2D eigenvalue weighted by Crippen LogP contribution is 2.47. The van der Waals surface area contributed by atoms with Crippen molar-refractivity contribution in [1.82, 2.24) is 9.63 Å². The van der Waals surface area contributed by atoms with E-state index in [9.17, 15) is 32.8 Å². The third-order valence-corrected chi connectivity index (χ3v) is 9.16. The molecule has 0 fully saturated rings. The van der Waals surface area contributed by atoms with E-state index in [4.69, 9.17) is 20.1 Å². The average molecular weight is 713 g/mol. The maximum Gasteiger partial charge on any atom is 0.333 e. The Balaban J connectivity index is 1.42. The second kappa shape index (κ2) is 14.4. The van der Waals surface area contributed by atoms with Crippen molar-refractivity contribution in [3.8, 4) is 17.5 Å². The summed E-state index contributed by atoms with van der Waals surface area (Å²) in [5, 5.41) is 46.4. The van der Waals surface area contributed by atoms with Gasteiger partial charge in [-0.05, 0) is 35.4 Å². The highest BCUT2D eigenvalue weighted by atomic mass is 32.2. The van der Waals surface area contributed by atoms with Crippen LogP contribution in [-0.2, 0) is 38.5 Å². The van der Waals surface area contributed by atoms with Gasteiger partial charge in [0.05, 0.1) is 29.0 Å². The van der Waals surface area contributed by atoms with E-state index in [1.807, 2.05) is 0 Å². The summed E-state index contributed by atoms with van der Waals surface area (Å²) in [6.07, 6.45) is 0.0444. The van der Waals surface area contributed by atoms with Gasteiger partial charge in [-0.2, -0.15) is 8.42 Å². The molecular weight excluding hydrogens is 688 g/mol. The minimum Gasteiger partial charge on any atom is -0.492 e. The molecule has 0 aliphatic heterocycles.